The fourth-order valence-corrected chi connectivity index (χ4v) is 1.22. The Morgan fingerprint density at radius 3 is 2.75 bits per heavy atom. The van der Waals surface area contributed by atoms with Crippen molar-refractivity contribution in [3.63, 3.8) is 0 Å². The van der Waals surface area contributed by atoms with Gasteiger partial charge >= 0.3 is 0 Å². The minimum atomic E-state index is -0.224. The lowest BCUT2D eigenvalue weighted by atomic mass is 10.2. The van der Waals surface area contributed by atoms with Gasteiger partial charge in [-0.2, -0.15) is 11.8 Å². The van der Waals surface area contributed by atoms with Gasteiger partial charge in [0, 0.05) is 17.7 Å². The van der Waals surface area contributed by atoms with E-state index < -0.39 is 0 Å². The molecular formula is C10H18N4OS. The third-order valence-corrected chi connectivity index (χ3v) is 3.55. The molecule has 1 rings (SSSR count). The van der Waals surface area contributed by atoms with Crippen molar-refractivity contribution in [1.82, 2.24) is 20.5 Å². The van der Waals surface area contributed by atoms with Crippen molar-refractivity contribution >= 4 is 17.7 Å². The average molecular weight is 242 g/mol. The topological polar surface area (TPSA) is 70.7 Å². The molecule has 0 saturated heterocycles. The van der Waals surface area contributed by atoms with Gasteiger partial charge in [-0.05, 0) is 20.1 Å². The molecule has 0 aliphatic carbocycles. The largest absolute Gasteiger partial charge is 0.348 e. The second-order valence-corrected chi connectivity index (χ2v) is 5.62. The lowest BCUT2D eigenvalue weighted by molar-refractivity contribution is 0.0941. The highest BCUT2D eigenvalue weighted by molar-refractivity contribution is 7.99. The molecule has 0 aliphatic rings. The van der Waals surface area contributed by atoms with Crippen molar-refractivity contribution in [3.8, 4) is 0 Å². The SMILES string of the molecule is CCc1nc(C(=O)NCC(C)(C)SC)n[nH]1. The number of hydrogen-bond donors (Lipinski definition) is 2. The zero-order valence-corrected chi connectivity index (χ0v) is 10.9. The maximum atomic E-state index is 11.7. The second-order valence-electron chi connectivity index (χ2n) is 4.11. The Bertz CT molecular complexity index is 361. The smallest absolute Gasteiger partial charge is 0.291 e. The van der Waals surface area contributed by atoms with Crippen LogP contribution in [0.4, 0.5) is 0 Å². The van der Waals surface area contributed by atoms with Gasteiger partial charge in [0.1, 0.15) is 5.82 Å². The molecule has 1 amide bonds. The highest BCUT2D eigenvalue weighted by Gasteiger charge is 2.19. The van der Waals surface area contributed by atoms with Crippen molar-refractivity contribution < 1.29 is 4.79 Å². The number of hydrogen-bond acceptors (Lipinski definition) is 4. The van der Waals surface area contributed by atoms with Gasteiger partial charge in [0.15, 0.2) is 0 Å². The first-order valence-corrected chi connectivity index (χ1v) is 6.45. The first-order chi connectivity index (χ1) is 7.48. The van der Waals surface area contributed by atoms with Gasteiger partial charge in [-0.15, -0.1) is 5.10 Å². The van der Waals surface area contributed by atoms with Crippen LogP contribution in [0.15, 0.2) is 0 Å². The lowest BCUT2D eigenvalue weighted by Gasteiger charge is -2.21. The van der Waals surface area contributed by atoms with Crippen molar-refractivity contribution in [3.05, 3.63) is 11.6 Å². The molecule has 1 aromatic heterocycles. The summed E-state index contributed by atoms with van der Waals surface area (Å²) in [6.45, 7) is 6.71. The van der Waals surface area contributed by atoms with Gasteiger partial charge in [-0.25, -0.2) is 4.98 Å². The monoisotopic (exact) mass is 242 g/mol. The van der Waals surface area contributed by atoms with E-state index in [0.29, 0.717) is 6.54 Å². The summed E-state index contributed by atoms with van der Waals surface area (Å²) in [4.78, 5) is 15.7. The molecule has 90 valence electrons. The number of aryl methyl sites for hydroxylation is 1. The van der Waals surface area contributed by atoms with E-state index in [1.54, 1.807) is 11.8 Å². The number of carbonyl (C=O) groups excluding carboxylic acids is 1. The Hall–Kier alpha value is -1.04. The molecule has 0 aliphatic heterocycles. The summed E-state index contributed by atoms with van der Waals surface area (Å²) in [5.74, 6) is 0.723. The fraction of sp³-hybridized carbons (Fsp3) is 0.700. The number of nitrogens with zero attached hydrogens (tertiary/aromatic N) is 2. The summed E-state index contributed by atoms with van der Waals surface area (Å²) >= 11 is 1.71. The molecule has 0 saturated carbocycles. The third-order valence-electron chi connectivity index (χ3n) is 2.30. The van der Waals surface area contributed by atoms with Crippen LogP contribution in [0.1, 0.15) is 37.2 Å². The Kier molecular flexibility index (Phi) is 4.35. The first kappa shape index (κ1) is 13.0. The summed E-state index contributed by atoms with van der Waals surface area (Å²) in [7, 11) is 0. The number of aromatic amines is 1. The number of carbonyl (C=O) groups is 1. The fourth-order valence-electron chi connectivity index (χ4n) is 0.999. The van der Waals surface area contributed by atoms with Crippen LogP contribution in [-0.4, -0.2) is 38.6 Å². The zero-order chi connectivity index (χ0) is 12.2. The molecule has 6 heteroatoms. The van der Waals surface area contributed by atoms with Crippen molar-refractivity contribution in [2.75, 3.05) is 12.8 Å². The van der Waals surface area contributed by atoms with Crippen molar-refractivity contribution in [2.24, 2.45) is 0 Å². The van der Waals surface area contributed by atoms with E-state index in [2.05, 4.69) is 34.3 Å². The molecule has 0 radical (unpaired) electrons. The molecule has 1 heterocycles. The molecule has 0 bridgehead atoms. The molecule has 0 aromatic carbocycles. The minimum Gasteiger partial charge on any atom is -0.348 e. The molecule has 16 heavy (non-hydrogen) atoms. The van der Waals surface area contributed by atoms with Crippen LogP contribution in [0.25, 0.3) is 0 Å². The lowest BCUT2D eigenvalue weighted by Crippen LogP contribution is -2.36. The zero-order valence-electron chi connectivity index (χ0n) is 10.1. The van der Waals surface area contributed by atoms with Crippen LogP contribution in [0.5, 0.6) is 0 Å². The second kappa shape index (κ2) is 5.34. The number of rotatable bonds is 5. The Morgan fingerprint density at radius 2 is 2.25 bits per heavy atom. The summed E-state index contributed by atoms with van der Waals surface area (Å²) in [5.41, 5.74) is 0. The van der Waals surface area contributed by atoms with Gasteiger partial charge < -0.3 is 5.32 Å². The van der Waals surface area contributed by atoms with Crippen LogP contribution in [0.3, 0.4) is 0 Å². The van der Waals surface area contributed by atoms with Crippen LogP contribution < -0.4 is 5.32 Å². The van der Waals surface area contributed by atoms with E-state index in [0.717, 1.165) is 12.2 Å². The predicted octanol–water partition coefficient (Wildman–Crippen LogP) is 1.24. The van der Waals surface area contributed by atoms with Crippen LogP contribution >= 0.6 is 11.8 Å². The van der Waals surface area contributed by atoms with Crippen LogP contribution in [0, 0.1) is 0 Å². The van der Waals surface area contributed by atoms with E-state index in [4.69, 9.17) is 0 Å². The van der Waals surface area contributed by atoms with Gasteiger partial charge in [-0.3, -0.25) is 9.89 Å². The van der Waals surface area contributed by atoms with E-state index in [9.17, 15) is 4.79 Å². The third kappa shape index (κ3) is 3.52. The maximum Gasteiger partial charge on any atom is 0.291 e. The molecule has 0 spiro atoms. The summed E-state index contributed by atoms with van der Waals surface area (Å²) in [6, 6.07) is 0. The molecule has 5 nitrogen and oxygen atoms in total. The number of nitrogens with one attached hydrogen (secondary N) is 2. The highest BCUT2D eigenvalue weighted by atomic mass is 32.2. The van der Waals surface area contributed by atoms with E-state index in [-0.39, 0.29) is 16.5 Å². The van der Waals surface area contributed by atoms with Gasteiger partial charge in [-0.1, -0.05) is 6.92 Å². The van der Waals surface area contributed by atoms with Gasteiger partial charge in [0.2, 0.25) is 5.82 Å². The van der Waals surface area contributed by atoms with Crippen LogP contribution in [0.2, 0.25) is 0 Å². The molecule has 0 fully saturated rings. The Labute approximate surface area is 99.8 Å². The minimum absolute atomic E-state index is 0.0273. The van der Waals surface area contributed by atoms with E-state index in [1.807, 2.05) is 13.2 Å². The number of amides is 1. The van der Waals surface area contributed by atoms with Crippen LogP contribution in [-0.2, 0) is 6.42 Å². The summed E-state index contributed by atoms with van der Waals surface area (Å²) in [5, 5.41) is 9.40. The summed E-state index contributed by atoms with van der Waals surface area (Å²) < 4.78 is 0.0273. The number of thioether (sulfide) groups is 1. The Balaban J connectivity index is 2.53. The predicted molar refractivity (Wildman–Crippen MR) is 65.7 cm³/mol. The van der Waals surface area contributed by atoms with E-state index in [1.165, 1.54) is 0 Å². The molecule has 2 N–H and O–H groups in total. The molecule has 1 aromatic rings. The van der Waals surface area contributed by atoms with Crippen molar-refractivity contribution in [1.29, 1.82) is 0 Å². The summed E-state index contributed by atoms with van der Waals surface area (Å²) in [6.07, 6.45) is 2.77. The van der Waals surface area contributed by atoms with Gasteiger partial charge in [0.25, 0.3) is 5.91 Å². The first-order valence-electron chi connectivity index (χ1n) is 5.23. The normalized spacial score (nSPS) is 11.5. The average Bonchev–Trinajstić information content (AvgIpc) is 2.74. The van der Waals surface area contributed by atoms with Gasteiger partial charge in [0.05, 0.1) is 0 Å². The maximum absolute atomic E-state index is 11.7. The molecule has 0 atom stereocenters. The molecule has 0 unspecified atom stereocenters. The Morgan fingerprint density at radius 1 is 1.56 bits per heavy atom. The van der Waals surface area contributed by atoms with Crippen molar-refractivity contribution in [2.45, 2.75) is 31.9 Å². The molecular weight excluding hydrogens is 224 g/mol. The number of H-pyrrole nitrogens is 1. The quantitative estimate of drug-likeness (QED) is 0.815. The standard InChI is InChI=1S/C10H18N4OS/c1-5-7-12-8(14-13-7)9(15)11-6-10(2,3)16-4/h5-6H2,1-4H3,(H,11,15)(H,12,13,14). The van der Waals surface area contributed by atoms with E-state index >= 15 is 0 Å². The number of aromatic nitrogens is 3. The highest BCUT2D eigenvalue weighted by Crippen LogP contribution is 2.19.